The molecule has 0 spiro atoms. The molecule has 0 aliphatic carbocycles. The molecule has 10 heavy (non-hydrogen) atoms. The smallest absolute Gasteiger partial charge is 0.218 e. The average molecular weight is 156 g/mol. The van der Waals surface area contributed by atoms with Crippen LogP contribution in [0.3, 0.4) is 0 Å². The van der Waals surface area contributed by atoms with Gasteiger partial charge in [0, 0.05) is 6.92 Å². The van der Waals surface area contributed by atoms with E-state index in [2.05, 4.69) is 10.3 Å². The van der Waals surface area contributed by atoms with Crippen LogP contribution in [0.1, 0.15) is 6.92 Å². The topological polar surface area (TPSA) is 41.5 Å². The van der Waals surface area contributed by atoms with E-state index in [9.17, 15) is 4.79 Å². The molecule has 0 bridgehead atoms. The first-order valence-corrected chi connectivity index (χ1v) is 3.84. The van der Waals surface area contributed by atoms with Crippen molar-refractivity contribution in [2.75, 3.05) is 0 Å². The Kier molecular flexibility index (Phi) is 2.50. The van der Waals surface area contributed by atoms with Crippen LogP contribution < -0.4 is 5.32 Å². The summed E-state index contributed by atoms with van der Waals surface area (Å²) in [6, 6.07) is 0. The molecule has 1 unspecified atom stereocenters. The molecule has 54 valence electrons. The average Bonchev–Trinajstić information content (AvgIpc) is 1.88. The predicted molar refractivity (Wildman–Crippen MR) is 42.8 cm³/mol. The third-order valence-electron chi connectivity index (χ3n) is 0.973. The molecule has 0 saturated carbocycles. The zero-order valence-corrected chi connectivity index (χ0v) is 6.39. The van der Waals surface area contributed by atoms with Crippen molar-refractivity contribution in [3.05, 3.63) is 11.5 Å². The summed E-state index contributed by atoms with van der Waals surface area (Å²) in [5.41, 5.74) is 1.71. The number of hydrogen-bond donors (Lipinski definition) is 1. The lowest BCUT2D eigenvalue weighted by molar-refractivity contribution is -0.119. The minimum Gasteiger partial charge on any atom is -0.331 e. The Labute approximate surface area is 63.6 Å². The molecule has 0 radical (unpaired) electrons. The van der Waals surface area contributed by atoms with E-state index in [1.54, 1.807) is 5.55 Å². The molecular weight excluding hydrogens is 148 g/mol. The van der Waals surface area contributed by atoms with Crippen LogP contribution in [0.4, 0.5) is 0 Å². The predicted octanol–water partition coefficient (Wildman–Crippen LogP) is 0.737. The van der Waals surface area contributed by atoms with Crippen molar-refractivity contribution in [2.45, 2.75) is 13.1 Å². The number of amides is 1. The summed E-state index contributed by atoms with van der Waals surface area (Å²) in [6.07, 6.45) is 1.69. The van der Waals surface area contributed by atoms with Gasteiger partial charge in [-0.05, 0) is 11.5 Å². The molecule has 4 heteroatoms. The fourth-order valence-electron chi connectivity index (χ4n) is 0.599. The fourth-order valence-corrected chi connectivity index (χ4v) is 1.11. The highest BCUT2D eigenvalue weighted by molar-refractivity contribution is 8.14. The van der Waals surface area contributed by atoms with Gasteiger partial charge in [0.05, 0.1) is 5.55 Å². The van der Waals surface area contributed by atoms with Crippen molar-refractivity contribution in [3.8, 4) is 0 Å². The zero-order valence-electron chi connectivity index (χ0n) is 5.57. The number of thioether (sulfide) groups is 1. The fraction of sp³-hybridized carbons (Fsp3) is 0.333. The Bertz CT molecular complexity index is 176. The number of aliphatic imine (C=N–C) groups is 1. The Hall–Kier alpha value is -0.770. The second-order valence-electron chi connectivity index (χ2n) is 1.86. The van der Waals surface area contributed by atoms with Crippen LogP contribution in [0.5, 0.6) is 0 Å². The molecule has 1 aliphatic rings. The van der Waals surface area contributed by atoms with Crippen LogP contribution >= 0.6 is 11.8 Å². The summed E-state index contributed by atoms with van der Waals surface area (Å²) in [4.78, 5) is 14.5. The molecular formula is C6H8N2OS. The van der Waals surface area contributed by atoms with Crippen LogP contribution in [-0.4, -0.2) is 17.6 Å². The molecule has 1 rings (SSSR count). The third-order valence-corrected chi connectivity index (χ3v) is 1.53. The number of carbonyl (C=O) groups is 1. The molecule has 1 heterocycles. The van der Waals surface area contributed by atoms with Crippen molar-refractivity contribution >= 4 is 23.2 Å². The molecule has 1 amide bonds. The van der Waals surface area contributed by atoms with Gasteiger partial charge in [0.1, 0.15) is 6.17 Å². The lowest BCUT2D eigenvalue weighted by Crippen LogP contribution is -2.30. The van der Waals surface area contributed by atoms with Gasteiger partial charge in [-0.15, -0.1) is 0 Å². The SMILES string of the molecule is CC(=O)NC1C=CSC=N1. The Morgan fingerprint density at radius 1 is 1.80 bits per heavy atom. The maximum atomic E-state index is 10.5. The molecule has 0 aromatic rings. The number of nitrogens with zero attached hydrogens (tertiary/aromatic N) is 1. The van der Waals surface area contributed by atoms with Crippen molar-refractivity contribution < 1.29 is 4.79 Å². The lowest BCUT2D eigenvalue weighted by Gasteiger charge is -2.09. The molecule has 0 aromatic carbocycles. The first-order chi connectivity index (χ1) is 4.79. The van der Waals surface area contributed by atoms with E-state index >= 15 is 0 Å². The van der Waals surface area contributed by atoms with Crippen LogP contribution in [0.2, 0.25) is 0 Å². The van der Waals surface area contributed by atoms with Crippen molar-refractivity contribution in [1.82, 2.24) is 5.32 Å². The summed E-state index contributed by atoms with van der Waals surface area (Å²) in [6.45, 7) is 1.48. The van der Waals surface area contributed by atoms with Gasteiger partial charge in [0.2, 0.25) is 5.91 Å². The van der Waals surface area contributed by atoms with Crippen LogP contribution in [0, 0.1) is 0 Å². The third kappa shape index (κ3) is 2.23. The van der Waals surface area contributed by atoms with E-state index in [0.29, 0.717) is 0 Å². The highest BCUT2D eigenvalue weighted by Crippen LogP contribution is 2.05. The van der Waals surface area contributed by atoms with Gasteiger partial charge in [0.15, 0.2) is 0 Å². The van der Waals surface area contributed by atoms with E-state index in [1.165, 1.54) is 18.7 Å². The van der Waals surface area contributed by atoms with E-state index in [1.807, 2.05) is 11.5 Å². The maximum absolute atomic E-state index is 10.5. The largest absolute Gasteiger partial charge is 0.331 e. The van der Waals surface area contributed by atoms with Gasteiger partial charge in [0.25, 0.3) is 0 Å². The summed E-state index contributed by atoms with van der Waals surface area (Å²) in [5.74, 6) is -0.0568. The molecule has 3 nitrogen and oxygen atoms in total. The highest BCUT2D eigenvalue weighted by atomic mass is 32.2. The minimum absolute atomic E-state index is 0.0568. The monoisotopic (exact) mass is 156 g/mol. The maximum Gasteiger partial charge on any atom is 0.218 e. The normalized spacial score (nSPS) is 22.7. The Morgan fingerprint density at radius 2 is 2.60 bits per heavy atom. The quantitative estimate of drug-likeness (QED) is 0.608. The van der Waals surface area contributed by atoms with Gasteiger partial charge < -0.3 is 5.32 Å². The number of hydrogen-bond acceptors (Lipinski definition) is 3. The summed E-state index contributed by atoms with van der Waals surface area (Å²) in [7, 11) is 0. The standard InChI is InChI=1S/C6H8N2OS/c1-5(9)8-6-2-3-10-4-7-6/h2-4,6H,1H3,(H,8,9). The van der Waals surface area contributed by atoms with Crippen LogP contribution in [0.25, 0.3) is 0 Å². The van der Waals surface area contributed by atoms with Gasteiger partial charge >= 0.3 is 0 Å². The van der Waals surface area contributed by atoms with Crippen LogP contribution in [-0.2, 0) is 4.79 Å². The molecule has 0 fully saturated rings. The Balaban J connectivity index is 2.40. The first kappa shape index (κ1) is 7.34. The van der Waals surface area contributed by atoms with E-state index < -0.39 is 0 Å². The molecule has 1 aliphatic heterocycles. The highest BCUT2D eigenvalue weighted by Gasteiger charge is 2.03. The van der Waals surface area contributed by atoms with Gasteiger partial charge in [-0.25, -0.2) is 0 Å². The molecule has 0 saturated heterocycles. The second kappa shape index (κ2) is 3.41. The number of carbonyl (C=O) groups excluding carboxylic acids is 1. The summed E-state index contributed by atoms with van der Waals surface area (Å²) < 4.78 is 0. The second-order valence-corrected chi connectivity index (χ2v) is 2.62. The molecule has 0 aromatic heterocycles. The van der Waals surface area contributed by atoms with Crippen molar-refractivity contribution in [2.24, 2.45) is 4.99 Å². The summed E-state index contributed by atoms with van der Waals surface area (Å²) in [5, 5.41) is 4.54. The van der Waals surface area contributed by atoms with E-state index in [4.69, 9.17) is 0 Å². The van der Waals surface area contributed by atoms with Crippen LogP contribution in [0.15, 0.2) is 16.5 Å². The zero-order chi connectivity index (χ0) is 7.40. The van der Waals surface area contributed by atoms with Gasteiger partial charge in [-0.1, -0.05) is 11.8 Å². The first-order valence-electron chi connectivity index (χ1n) is 2.90. The molecule has 1 atom stereocenters. The van der Waals surface area contributed by atoms with E-state index in [0.717, 1.165) is 0 Å². The van der Waals surface area contributed by atoms with Crippen molar-refractivity contribution in [1.29, 1.82) is 0 Å². The molecule has 1 N–H and O–H groups in total. The van der Waals surface area contributed by atoms with E-state index in [-0.39, 0.29) is 12.1 Å². The van der Waals surface area contributed by atoms with Crippen molar-refractivity contribution in [3.63, 3.8) is 0 Å². The minimum atomic E-state index is -0.154. The Morgan fingerprint density at radius 3 is 3.10 bits per heavy atom. The summed E-state index contributed by atoms with van der Waals surface area (Å²) >= 11 is 1.50. The van der Waals surface area contributed by atoms with Gasteiger partial charge in [-0.3, -0.25) is 9.79 Å². The number of rotatable bonds is 1. The lowest BCUT2D eigenvalue weighted by atomic mass is 10.5. The number of nitrogens with one attached hydrogen (secondary N) is 1. The van der Waals surface area contributed by atoms with Gasteiger partial charge in [-0.2, -0.15) is 0 Å².